The Balaban J connectivity index is 1.99. The topological polar surface area (TPSA) is 64.6 Å². The quantitative estimate of drug-likeness (QED) is 0.652. The van der Waals surface area contributed by atoms with E-state index in [2.05, 4.69) is 5.32 Å². The highest BCUT2D eigenvalue weighted by Crippen LogP contribution is 2.14. The van der Waals surface area contributed by atoms with E-state index in [-0.39, 0.29) is 5.91 Å². The van der Waals surface area contributed by atoms with E-state index in [0.717, 1.165) is 11.3 Å². The monoisotopic (exact) mass is 325 g/mol. The molecule has 0 aliphatic heterocycles. The summed E-state index contributed by atoms with van der Waals surface area (Å²) < 4.78 is 10.0. The molecule has 0 aliphatic rings. The van der Waals surface area contributed by atoms with Gasteiger partial charge in [-0.25, -0.2) is 4.79 Å². The molecule has 0 fully saturated rings. The Morgan fingerprint density at radius 2 is 1.88 bits per heavy atom. The number of esters is 1. The zero-order valence-electron chi connectivity index (χ0n) is 13.6. The first kappa shape index (κ1) is 17.3. The summed E-state index contributed by atoms with van der Waals surface area (Å²) in [6, 6.07) is 14.0. The Kier molecular flexibility index (Phi) is 6.14. The fraction of sp³-hybridized carbons (Fsp3) is 0.158. The molecule has 0 spiro atoms. The average Bonchev–Trinajstić information content (AvgIpc) is 2.61. The lowest BCUT2D eigenvalue weighted by molar-refractivity contribution is -0.111. The number of methoxy groups -OCH3 is 1. The second kappa shape index (κ2) is 8.53. The summed E-state index contributed by atoms with van der Waals surface area (Å²) in [5.74, 6) is 0.0570. The molecule has 0 bridgehead atoms. The van der Waals surface area contributed by atoms with Crippen molar-refractivity contribution in [3.63, 3.8) is 0 Å². The molecule has 24 heavy (non-hydrogen) atoms. The van der Waals surface area contributed by atoms with Crippen LogP contribution in [0.25, 0.3) is 6.08 Å². The van der Waals surface area contributed by atoms with Crippen LogP contribution in [0.3, 0.4) is 0 Å². The zero-order chi connectivity index (χ0) is 17.4. The fourth-order valence-electron chi connectivity index (χ4n) is 2.01. The van der Waals surface area contributed by atoms with Crippen molar-refractivity contribution in [1.29, 1.82) is 0 Å². The summed E-state index contributed by atoms with van der Waals surface area (Å²) >= 11 is 0. The van der Waals surface area contributed by atoms with Crippen molar-refractivity contribution in [2.24, 2.45) is 0 Å². The molecule has 1 N–H and O–H groups in total. The highest BCUT2D eigenvalue weighted by molar-refractivity contribution is 6.02. The number of benzene rings is 2. The molecule has 0 heterocycles. The second-order valence-corrected chi connectivity index (χ2v) is 4.90. The van der Waals surface area contributed by atoms with E-state index in [0.29, 0.717) is 17.9 Å². The van der Waals surface area contributed by atoms with Crippen molar-refractivity contribution < 1.29 is 19.1 Å². The lowest BCUT2D eigenvalue weighted by Gasteiger charge is -2.05. The normalized spacial score (nSPS) is 10.4. The van der Waals surface area contributed by atoms with E-state index in [4.69, 9.17) is 9.47 Å². The van der Waals surface area contributed by atoms with E-state index in [1.807, 2.05) is 24.3 Å². The summed E-state index contributed by atoms with van der Waals surface area (Å²) in [6.45, 7) is 2.05. The Morgan fingerprint density at radius 1 is 1.12 bits per heavy atom. The van der Waals surface area contributed by atoms with Gasteiger partial charge in [-0.1, -0.05) is 18.2 Å². The standard InChI is InChI=1S/C19H19NO4/c1-3-24-19(22)15-5-4-6-16(13-15)20-18(21)12-9-14-7-10-17(23-2)11-8-14/h4-13H,3H2,1-2H3,(H,20,21). The van der Waals surface area contributed by atoms with Crippen LogP contribution < -0.4 is 10.1 Å². The van der Waals surface area contributed by atoms with Crippen LogP contribution in [0, 0.1) is 0 Å². The lowest BCUT2D eigenvalue weighted by atomic mass is 10.2. The number of carbonyl (C=O) groups excluding carboxylic acids is 2. The van der Waals surface area contributed by atoms with Gasteiger partial charge in [-0.15, -0.1) is 0 Å². The summed E-state index contributed by atoms with van der Waals surface area (Å²) in [5, 5.41) is 2.71. The summed E-state index contributed by atoms with van der Waals surface area (Å²) in [5.41, 5.74) is 1.81. The van der Waals surface area contributed by atoms with Gasteiger partial charge < -0.3 is 14.8 Å². The van der Waals surface area contributed by atoms with Gasteiger partial charge in [0.1, 0.15) is 5.75 Å². The van der Waals surface area contributed by atoms with Gasteiger partial charge in [-0.3, -0.25) is 4.79 Å². The summed E-state index contributed by atoms with van der Waals surface area (Å²) in [7, 11) is 1.60. The Bertz CT molecular complexity index is 735. The SMILES string of the molecule is CCOC(=O)c1cccc(NC(=O)C=Cc2ccc(OC)cc2)c1. The smallest absolute Gasteiger partial charge is 0.338 e. The van der Waals surface area contributed by atoms with Crippen LogP contribution in [-0.4, -0.2) is 25.6 Å². The van der Waals surface area contributed by atoms with Gasteiger partial charge in [-0.2, -0.15) is 0 Å². The maximum Gasteiger partial charge on any atom is 0.338 e. The van der Waals surface area contributed by atoms with Crippen LogP contribution in [0.5, 0.6) is 5.75 Å². The Morgan fingerprint density at radius 3 is 2.54 bits per heavy atom. The molecule has 2 rings (SSSR count). The molecule has 0 aromatic heterocycles. The molecule has 1 amide bonds. The minimum atomic E-state index is -0.414. The first-order valence-corrected chi connectivity index (χ1v) is 7.52. The zero-order valence-corrected chi connectivity index (χ0v) is 13.6. The highest BCUT2D eigenvalue weighted by Gasteiger charge is 2.07. The average molecular weight is 325 g/mol. The van der Waals surface area contributed by atoms with Crippen molar-refractivity contribution in [2.75, 3.05) is 19.0 Å². The molecule has 5 heteroatoms. The van der Waals surface area contributed by atoms with Crippen LogP contribution in [0.1, 0.15) is 22.8 Å². The molecular weight excluding hydrogens is 306 g/mol. The van der Waals surface area contributed by atoms with Gasteiger partial charge in [-0.05, 0) is 48.9 Å². The van der Waals surface area contributed by atoms with E-state index in [1.54, 1.807) is 44.4 Å². The second-order valence-electron chi connectivity index (χ2n) is 4.90. The molecule has 0 atom stereocenters. The number of ether oxygens (including phenoxy) is 2. The molecule has 124 valence electrons. The summed E-state index contributed by atoms with van der Waals surface area (Å²) in [4.78, 5) is 23.7. The minimum Gasteiger partial charge on any atom is -0.497 e. The van der Waals surface area contributed by atoms with Crippen molar-refractivity contribution in [1.82, 2.24) is 0 Å². The van der Waals surface area contributed by atoms with E-state index < -0.39 is 5.97 Å². The molecular formula is C19H19NO4. The highest BCUT2D eigenvalue weighted by atomic mass is 16.5. The third-order valence-corrected chi connectivity index (χ3v) is 3.18. The maximum absolute atomic E-state index is 12.0. The van der Waals surface area contributed by atoms with Gasteiger partial charge in [0.25, 0.3) is 0 Å². The number of rotatable bonds is 6. The molecule has 2 aromatic carbocycles. The minimum absolute atomic E-state index is 0.285. The molecule has 0 saturated heterocycles. The van der Waals surface area contributed by atoms with Crippen LogP contribution in [0.15, 0.2) is 54.6 Å². The van der Waals surface area contributed by atoms with Crippen LogP contribution >= 0.6 is 0 Å². The molecule has 5 nitrogen and oxygen atoms in total. The third kappa shape index (κ3) is 4.98. The Labute approximate surface area is 140 Å². The van der Waals surface area contributed by atoms with Crippen molar-refractivity contribution in [3.8, 4) is 5.75 Å². The van der Waals surface area contributed by atoms with Gasteiger partial charge in [0, 0.05) is 11.8 Å². The predicted octanol–water partition coefficient (Wildman–Crippen LogP) is 3.52. The molecule has 0 radical (unpaired) electrons. The van der Waals surface area contributed by atoms with Gasteiger partial charge >= 0.3 is 5.97 Å². The van der Waals surface area contributed by atoms with Gasteiger partial charge in [0.15, 0.2) is 0 Å². The van der Waals surface area contributed by atoms with E-state index in [1.165, 1.54) is 6.08 Å². The molecule has 0 unspecified atom stereocenters. The maximum atomic E-state index is 12.0. The number of carbonyl (C=O) groups is 2. The van der Waals surface area contributed by atoms with E-state index >= 15 is 0 Å². The van der Waals surface area contributed by atoms with E-state index in [9.17, 15) is 9.59 Å². The van der Waals surface area contributed by atoms with Gasteiger partial charge in [0.05, 0.1) is 19.3 Å². The molecule has 0 aliphatic carbocycles. The largest absolute Gasteiger partial charge is 0.497 e. The Hall–Kier alpha value is -3.08. The number of hydrogen-bond donors (Lipinski definition) is 1. The van der Waals surface area contributed by atoms with Crippen molar-refractivity contribution >= 4 is 23.6 Å². The van der Waals surface area contributed by atoms with Crippen LogP contribution in [0.4, 0.5) is 5.69 Å². The van der Waals surface area contributed by atoms with Crippen molar-refractivity contribution in [2.45, 2.75) is 6.92 Å². The third-order valence-electron chi connectivity index (χ3n) is 3.18. The number of anilines is 1. The first-order chi connectivity index (χ1) is 11.6. The fourth-order valence-corrected chi connectivity index (χ4v) is 2.01. The molecule has 2 aromatic rings. The lowest BCUT2D eigenvalue weighted by Crippen LogP contribution is -2.09. The number of amides is 1. The van der Waals surface area contributed by atoms with Crippen LogP contribution in [0.2, 0.25) is 0 Å². The van der Waals surface area contributed by atoms with Crippen molar-refractivity contribution in [3.05, 3.63) is 65.7 Å². The predicted molar refractivity (Wildman–Crippen MR) is 93.1 cm³/mol. The first-order valence-electron chi connectivity index (χ1n) is 7.52. The summed E-state index contributed by atoms with van der Waals surface area (Å²) in [6.07, 6.45) is 3.13. The molecule has 0 saturated carbocycles. The number of nitrogens with one attached hydrogen (secondary N) is 1. The van der Waals surface area contributed by atoms with Gasteiger partial charge in [0.2, 0.25) is 5.91 Å². The number of hydrogen-bond acceptors (Lipinski definition) is 4. The van der Waals surface area contributed by atoms with Crippen LogP contribution in [-0.2, 0) is 9.53 Å².